The lowest BCUT2D eigenvalue weighted by Gasteiger charge is -2.09. The molecule has 15 heavy (non-hydrogen) atoms. The Kier molecular flexibility index (Phi) is 3.38. The first-order valence-corrected chi connectivity index (χ1v) is 4.38. The third kappa shape index (κ3) is 2.13. The number of hydrogen-bond acceptors (Lipinski definition) is 2. The molecule has 1 aromatic rings. The van der Waals surface area contributed by atoms with Crippen LogP contribution in [0.2, 0.25) is 5.02 Å². The molecule has 0 aromatic heterocycles. The van der Waals surface area contributed by atoms with Crippen molar-refractivity contribution >= 4 is 17.4 Å². The molecule has 0 amide bonds. The van der Waals surface area contributed by atoms with Crippen molar-refractivity contribution in [2.24, 2.45) is 0 Å². The van der Waals surface area contributed by atoms with Crippen LogP contribution in [0.5, 0.6) is 0 Å². The van der Waals surface area contributed by atoms with Gasteiger partial charge in [0.05, 0.1) is 16.7 Å². The summed E-state index contributed by atoms with van der Waals surface area (Å²) in [5.74, 6) is -0.576. The fourth-order valence-electron chi connectivity index (χ4n) is 1.27. The standard InChI is InChI=1S/C10H6ClF2NO/c1-5(15)8-7(11)3-2-6(4-14)9(8)10(12)13/h2-3,10H,1H3. The van der Waals surface area contributed by atoms with Gasteiger partial charge >= 0.3 is 0 Å². The molecular weight excluding hydrogens is 224 g/mol. The van der Waals surface area contributed by atoms with Gasteiger partial charge in [0.25, 0.3) is 6.43 Å². The zero-order valence-electron chi connectivity index (χ0n) is 7.72. The molecule has 78 valence electrons. The van der Waals surface area contributed by atoms with E-state index in [0.717, 1.165) is 6.92 Å². The number of benzene rings is 1. The predicted molar refractivity (Wildman–Crippen MR) is 51.1 cm³/mol. The molecule has 0 atom stereocenters. The molecule has 0 heterocycles. The van der Waals surface area contributed by atoms with Crippen LogP contribution < -0.4 is 0 Å². The summed E-state index contributed by atoms with van der Waals surface area (Å²) in [6.07, 6.45) is -2.89. The zero-order chi connectivity index (χ0) is 11.6. The van der Waals surface area contributed by atoms with E-state index < -0.39 is 17.8 Å². The average Bonchev–Trinajstić information content (AvgIpc) is 2.16. The molecule has 0 bridgehead atoms. The highest BCUT2D eigenvalue weighted by Gasteiger charge is 2.22. The smallest absolute Gasteiger partial charge is 0.265 e. The molecule has 0 saturated carbocycles. The number of alkyl halides is 2. The summed E-state index contributed by atoms with van der Waals surface area (Å²) < 4.78 is 25.3. The van der Waals surface area contributed by atoms with Crippen molar-refractivity contribution in [3.63, 3.8) is 0 Å². The molecule has 0 N–H and O–H groups in total. The summed E-state index contributed by atoms with van der Waals surface area (Å²) >= 11 is 5.63. The number of nitrogens with zero attached hydrogens (tertiary/aromatic N) is 1. The van der Waals surface area contributed by atoms with E-state index in [1.807, 2.05) is 0 Å². The van der Waals surface area contributed by atoms with Crippen molar-refractivity contribution in [1.29, 1.82) is 5.26 Å². The molecule has 0 aliphatic heterocycles. The van der Waals surface area contributed by atoms with E-state index >= 15 is 0 Å². The zero-order valence-corrected chi connectivity index (χ0v) is 8.48. The summed E-state index contributed by atoms with van der Waals surface area (Å²) in [4.78, 5) is 11.1. The van der Waals surface area contributed by atoms with E-state index in [0.29, 0.717) is 0 Å². The lowest BCUT2D eigenvalue weighted by atomic mass is 9.99. The highest BCUT2D eigenvalue weighted by Crippen LogP contribution is 2.31. The van der Waals surface area contributed by atoms with Crippen molar-refractivity contribution in [2.45, 2.75) is 13.3 Å². The minimum atomic E-state index is -2.89. The Morgan fingerprint density at radius 3 is 2.53 bits per heavy atom. The monoisotopic (exact) mass is 229 g/mol. The number of nitriles is 1. The van der Waals surface area contributed by atoms with Crippen LogP contribution in [0.25, 0.3) is 0 Å². The van der Waals surface area contributed by atoms with Gasteiger partial charge in [0.15, 0.2) is 5.78 Å². The van der Waals surface area contributed by atoms with E-state index in [-0.39, 0.29) is 16.1 Å². The molecule has 0 aliphatic carbocycles. The molecule has 1 aromatic carbocycles. The number of carbonyl (C=O) groups is 1. The summed E-state index contributed by atoms with van der Waals surface area (Å²) in [5.41, 5.74) is -1.08. The summed E-state index contributed by atoms with van der Waals surface area (Å²) in [6, 6.07) is 4.05. The number of rotatable bonds is 2. The predicted octanol–water partition coefficient (Wildman–Crippen LogP) is 3.35. The van der Waals surface area contributed by atoms with E-state index in [2.05, 4.69) is 0 Å². The van der Waals surface area contributed by atoms with Gasteiger partial charge in [-0.15, -0.1) is 0 Å². The molecular formula is C10H6ClF2NO. The van der Waals surface area contributed by atoms with E-state index in [1.165, 1.54) is 12.1 Å². The Morgan fingerprint density at radius 1 is 1.53 bits per heavy atom. The molecule has 2 nitrogen and oxygen atoms in total. The van der Waals surface area contributed by atoms with Crippen molar-refractivity contribution in [1.82, 2.24) is 0 Å². The van der Waals surface area contributed by atoms with Crippen LogP contribution in [-0.2, 0) is 0 Å². The average molecular weight is 230 g/mol. The Hall–Kier alpha value is -1.47. The Labute approximate surface area is 90.1 Å². The third-order valence-electron chi connectivity index (χ3n) is 1.89. The second-order valence-corrected chi connectivity index (χ2v) is 3.26. The largest absolute Gasteiger partial charge is 0.294 e. The number of halogens is 3. The van der Waals surface area contributed by atoms with Crippen molar-refractivity contribution < 1.29 is 13.6 Å². The maximum absolute atomic E-state index is 12.7. The van der Waals surface area contributed by atoms with Gasteiger partial charge in [-0.3, -0.25) is 4.79 Å². The van der Waals surface area contributed by atoms with Gasteiger partial charge in [-0.25, -0.2) is 8.78 Å². The summed E-state index contributed by atoms with van der Waals surface area (Å²) in [6.45, 7) is 1.13. The van der Waals surface area contributed by atoms with Gasteiger partial charge in [-0.05, 0) is 19.1 Å². The highest BCUT2D eigenvalue weighted by molar-refractivity contribution is 6.34. The lowest BCUT2D eigenvalue weighted by Crippen LogP contribution is -2.04. The van der Waals surface area contributed by atoms with Crippen LogP contribution in [0, 0.1) is 11.3 Å². The quantitative estimate of drug-likeness (QED) is 0.730. The molecule has 5 heteroatoms. The maximum atomic E-state index is 12.7. The minimum absolute atomic E-state index is 0.0585. The van der Waals surface area contributed by atoms with E-state index in [1.54, 1.807) is 6.07 Å². The van der Waals surface area contributed by atoms with Crippen molar-refractivity contribution in [3.8, 4) is 6.07 Å². The van der Waals surface area contributed by atoms with Crippen LogP contribution in [0.3, 0.4) is 0 Å². The number of carbonyl (C=O) groups excluding carboxylic acids is 1. The van der Waals surface area contributed by atoms with Gasteiger partial charge < -0.3 is 0 Å². The molecule has 0 unspecified atom stereocenters. The molecule has 0 spiro atoms. The van der Waals surface area contributed by atoms with Crippen LogP contribution in [0.1, 0.15) is 34.8 Å². The third-order valence-corrected chi connectivity index (χ3v) is 2.20. The lowest BCUT2D eigenvalue weighted by molar-refractivity contribution is 0.0999. The van der Waals surface area contributed by atoms with Crippen LogP contribution in [0.4, 0.5) is 8.78 Å². The Morgan fingerprint density at radius 2 is 2.13 bits per heavy atom. The van der Waals surface area contributed by atoms with Gasteiger partial charge in [-0.2, -0.15) is 5.26 Å². The van der Waals surface area contributed by atoms with Crippen LogP contribution >= 0.6 is 11.6 Å². The molecule has 0 saturated heterocycles. The second kappa shape index (κ2) is 4.37. The van der Waals surface area contributed by atoms with Gasteiger partial charge in [0.1, 0.15) is 0 Å². The molecule has 0 fully saturated rings. The van der Waals surface area contributed by atoms with Crippen molar-refractivity contribution in [2.75, 3.05) is 0 Å². The van der Waals surface area contributed by atoms with Crippen molar-refractivity contribution in [3.05, 3.63) is 33.8 Å². The fourth-order valence-corrected chi connectivity index (χ4v) is 1.57. The highest BCUT2D eigenvalue weighted by atomic mass is 35.5. The number of Topliss-reactive ketones (excluding diaryl/α,β-unsaturated/α-hetero) is 1. The maximum Gasteiger partial charge on any atom is 0.265 e. The van der Waals surface area contributed by atoms with E-state index in [9.17, 15) is 13.6 Å². The van der Waals surface area contributed by atoms with Gasteiger partial charge in [0.2, 0.25) is 0 Å². The van der Waals surface area contributed by atoms with Gasteiger partial charge in [-0.1, -0.05) is 11.6 Å². The SMILES string of the molecule is CC(=O)c1c(Cl)ccc(C#N)c1C(F)F. The first-order valence-electron chi connectivity index (χ1n) is 4.00. The topological polar surface area (TPSA) is 40.9 Å². The molecule has 0 aliphatic rings. The minimum Gasteiger partial charge on any atom is -0.294 e. The number of ketones is 1. The second-order valence-electron chi connectivity index (χ2n) is 2.85. The Balaban J connectivity index is 3.60. The normalized spacial score (nSPS) is 10.1. The number of hydrogen-bond donors (Lipinski definition) is 0. The van der Waals surface area contributed by atoms with E-state index in [4.69, 9.17) is 16.9 Å². The van der Waals surface area contributed by atoms with Gasteiger partial charge in [0, 0.05) is 11.1 Å². The first-order chi connectivity index (χ1) is 6.99. The summed E-state index contributed by atoms with van der Waals surface area (Å²) in [7, 11) is 0. The summed E-state index contributed by atoms with van der Waals surface area (Å²) in [5, 5.41) is 8.57. The Bertz CT molecular complexity index is 451. The fraction of sp³-hybridized carbons (Fsp3) is 0.200. The first kappa shape index (κ1) is 11.6. The van der Waals surface area contributed by atoms with Crippen LogP contribution in [0.15, 0.2) is 12.1 Å². The molecule has 1 rings (SSSR count). The molecule has 0 radical (unpaired) electrons. The van der Waals surface area contributed by atoms with Crippen LogP contribution in [-0.4, -0.2) is 5.78 Å².